The highest BCUT2D eigenvalue weighted by Crippen LogP contribution is 2.58. The third-order valence-electron chi connectivity index (χ3n) is 4.54. The minimum Gasteiger partial charge on any atom is -0.481 e. The molecule has 0 radical (unpaired) electrons. The summed E-state index contributed by atoms with van der Waals surface area (Å²) < 4.78 is 5.12. The van der Waals surface area contributed by atoms with Crippen molar-refractivity contribution in [2.75, 3.05) is 6.54 Å². The average Bonchev–Trinajstić information content (AvgIpc) is 2.81. The molecule has 1 aliphatic carbocycles. The van der Waals surface area contributed by atoms with Gasteiger partial charge < -0.3 is 14.9 Å². The molecule has 2 N–H and O–H groups in total. The van der Waals surface area contributed by atoms with Gasteiger partial charge in [-0.05, 0) is 19.3 Å². The van der Waals surface area contributed by atoms with E-state index >= 15 is 0 Å². The Bertz CT molecular complexity index is 557. The highest BCUT2D eigenvalue weighted by atomic mass is 16.5. The molecule has 21 heavy (non-hydrogen) atoms. The Morgan fingerprint density at radius 3 is 2.43 bits per heavy atom. The molecule has 0 bridgehead atoms. The van der Waals surface area contributed by atoms with Crippen LogP contribution < -0.4 is 5.32 Å². The maximum absolute atomic E-state index is 12.2. The summed E-state index contributed by atoms with van der Waals surface area (Å²) in [6.45, 7) is 9.77. The van der Waals surface area contributed by atoms with Crippen molar-refractivity contribution in [1.82, 2.24) is 10.5 Å². The van der Waals surface area contributed by atoms with Gasteiger partial charge in [0, 0.05) is 18.0 Å². The predicted octanol–water partition coefficient (Wildman–Crippen LogP) is 1.87. The first-order valence-electron chi connectivity index (χ1n) is 7.11. The number of hydrogen-bond acceptors (Lipinski definition) is 4. The first-order valence-corrected chi connectivity index (χ1v) is 7.11. The number of carboxylic acid groups (broad SMARTS) is 1. The third kappa shape index (κ3) is 2.66. The molecule has 0 saturated heterocycles. The molecule has 1 unspecified atom stereocenters. The molecule has 0 aromatic carbocycles. The van der Waals surface area contributed by atoms with E-state index in [1.807, 2.05) is 34.6 Å². The van der Waals surface area contributed by atoms with Gasteiger partial charge in [-0.1, -0.05) is 25.9 Å². The maximum atomic E-state index is 12.2. The number of rotatable bonds is 5. The van der Waals surface area contributed by atoms with Crippen molar-refractivity contribution >= 4 is 11.9 Å². The Balaban J connectivity index is 1.95. The van der Waals surface area contributed by atoms with Crippen molar-refractivity contribution < 1.29 is 19.2 Å². The standard InChI is InChI=1S/C15H22N2O4/c1-7(10-8(2)17-21-9(10)3)6-16-13(18)11-12(14(19)20)15(11,4)5/h7,11-12H,6H2,1-5H3,(H,16,18)(H,19,20)/t7?,11-,12+/m0/s1. The van der Waals surface area contributed by atoms with Crippen LogP contribution in [0, 0.1) is 31.1 Å². The molecule has 0 aliphatic heterocycles. The Morgan fingerprint density at radius 2 is 2.00 bits per heavy atom. The normalized spacial score (nSPS) is 24.4. The molecule has 1 aromatic rings. The van der Waals surface area contributed by atoms with Gasteiger partial charge in [0.1, 0.15) is 5.76 Å². The van der Waals surface area contributed by atoms with E-state index in [1.54, 1.807) is 0 Å². The van der Waals surface area contributed by atoms with Crippen LogP contribution in [0.1, 0.15) is 43.7 Å². The number of amides is 1. The molecule has 1 aromatic heterocycles. The van der Waals surface area contributed by atoms with Crippen LogP contribution in [0.15, 0.2) is 4.52 Å². The van der Waals surface area contributed by atoms with Crippen molar-refractivity contribution in [3.63, 3.8) is 0 Å². The van der Waals surface area contributed by atoms with Crippen LogP contribution in [0.3, 0.4) is 0 Å². The summed E-state index contributed by atoms with van der Waals surface area (Å²) in [7, 11) is 0. The second kappa shape index (κ2) is 5.16. The lowest BCUT2D eigenvalue weighted by Gasteiger charge is -2.13. The second-order valence-corrected chi connectivity index (χ2v) is 6.50. The van der Waals surface area contributed by atoms with Gasteiger partial charge in [-0.15, -0.1) is 0 Å². The first-order chi connectivity index (χ1) is 9.67. The molecule has 1 fully saturated rings. The maximum Gasteiger partial charge on any atom is 0.307 e. The average molecular weight is 294 g/mol. The lowest BCUT2D eigenvalue weighted by Crippen LogP contribution is -2.30. The fourth-order valence-electron chi connectivity index (χ4n) is 3.25. The fraction of sp³-hybridized carbons (Fsp3) is 0.667. The van der Waals surface area contributed by atoms with E-state index in [2.05, 4.69) is 10.5 Å². The number of carbonyl (C=O) groups excluding carboxylic acids is 1. The van der Waals surface area contributed by atoms with Crippen LogP contribution in [0.5, 0.6) is 0 Å². The SMILES string of the molecule is Cc1noc(C)c1C(C)CNC(=O)[C@@H]1[C@H](C(=O)O)C1(C)C. The summed E-state index contributed by atoms with van der Waals surface area (Å²) in [5, 5.41) is 15.9. The molecule has 0 spiro atoms. The molecule has 2 rings (SSSR count). The minimum atomic E-state index is -0.904. The Kier molecular flexibility index (Phi) is 3.82. The fourth-order valence-corrected chi connectivity index (χ4v) is 3.25. The van der Waals surface area contributed by atoms with Crippen molar-refractivity contribution in [3.8, 4) is 0 Å². The highest BCUT2D eigenvalue weighted by Gasteiger charge is 2.65. The molecule has 116 valence electrons. The Labute approximate surface area is 123 Å². The number of carboxylic acids is 1. The van der Waals surface area contributed by atoms with Gasteiger partial charge in [-0.3, -0.25) is 9.59 Å². The number of nitrogens with one attached hydrogen (secondary N) is 1. The van der Waals surface area contributed by atoms with Gasteiger partial charge in [-0.2, -0.15) is 0 Å². The zero-order valence-corrected chi connectivity index (χ0v) is 13.1. The van der Waals surface area contributed by atoms with Crippen molar-refractivity contribution in [2.24, 2.45) is 17.3 Å². The number of aliphatic carboxylic acids is 1. The molecule has 1 amide bonds. The van der Waals surface area contributed by atoms with Gasteiger partial charge in [-0.25, -0.2) is 0 Å². The smallest absolute Gasteiger partial charge is 0.307 e. The molecular formula is C15H22N2O4. The summed E-state index contributed by atoms with van der Waals surface area (Å²) in [5.41, 5.74) is 1.35. The van der Waals surface area contributed by atoms with Crippen LogP contribution in [0.4, 0.5) is 0 Å². The lowest BCUT2D eigenvalue weighted by molar-refractivity contribution is -0.140. The van der Waals surface area contributed by atoms with E-state index in [0.717, 1.165) is 17.0 Å². The van der Waals surface area contributed by atoms with E-state index in [9.17, 15) is 9.59 Å². The van der Waals surface area contributed by atoms with Crippen molar-refractivity contribution in [3.05, 3.63) is 17.0 Å². The summed E-state index contributed by atoms with van der Waals surface area (Å²) in [6, 6.07) is 0. The van der Waals surface area contributed by atoms with E-state index in [4.69, 9.17) is 9.63 Å². The number of nitrogens with zero attached hydrogens (tertiary/aromatic N) is 1. The van der Waals surface area contributed by atoms with Gasteiger partial charge in [0.2, 0.25) is 5.91 Å². The van der Waals surface area contributed by atoms with Gasteiger partial charge >= 0.3 is 5.97 Å². The minimum absolute atomic E-state index is 0.0744. The molecular weight excluding hydrogens is 272 g/mol. The van der Waals surface area contributed by atoms with Gasteiger partial charge in [0.25, 0.3) is 0 Å². The molecule has 3 atom stereocenters. The summed E-state index contributed by atoms with van der Waals surface area (Å²) in [5.74, 6) is -1.31. The second-order valence-electron chi connectivity index (χ2n) is 6.50. The summed E-state index contributed by atoms with van der Waals surface area (Å²) in [4.78, 5) is 23.3. The topological polar surface area (TPSA) is 92.4 Å². The number of aromatic nitrogens is 1. The Hall–Kier alpha value is -1.85. The zero-order valence-electron chi connectivity index (χ0n) is 13.1. The molecule has 1 heterocycles. The third-order valence-corrected chi connectivity index (χ3v) is 4.54. The number of hydrogen-bond donors (Lipinski definition) is 2. The van der Waals surface area contributed by atoms with Gasteiger partial charge in [0.05, 0.1) is 17.5 Å². The van der Waals surface area contributed by atoms with E-state index in [1.165, 1.54) is 0 Å². The monoisotopic (exact) mass is 294 g/mol. The molecule has 6 heteroatoms. The lowest BCUT2D eigenvalue weighted by atomic mass is 9.99. The highest BCUT2D eigenvalue weighted by molar-refractivity contribution is 5.91. The molecule has 1 aliphatic rings. The van der Waals surface area contributed by atoms with Crippen LogP contribution in [-0.2, 0) is 9.59 Å². The van der Waals surface area contributed by atoms with E-state index in [-0.39, 0.29) is 11.8 Å². The number of carbonyl (C=O) groups is 2. The van der Waals surface area contributed by atoms with Gasteiger partial charge in [0.15, 0.2) is 0 Å². The van der Waals surface area contributed by atoms with Crippen LogP contribution in [0.2, 0.25) is 0 Å². The zero-order chi connectivity index (χ0) is 15.9. The van der Waals surface area contributed by atoms with Crippen molar-refractivity contribution in [2.45, 2.75) is 40.5 Å². The van der Waals surface area contributed by atoms with E-state index < -0.39 is 23.2 Å². The largest absolute Gasteiger partial charge is 0.481 e. The Morgan fingerprint density at radius 1 is 1.38 bits per heavy atom. The summed E-state index contributed by atoms with van der Waals surface area (Å²) >= 11 is 0. The quantitative estimate of drug-likeness (QED) is 0.864. The van der Waals surface area contributed by atoms with Crippen molar-refractivity contribution in [1.29, 1.82) is 0 Å². The van der Waals surface area contributed by atoms with Crippen LogP contribution >= 0.6 is 0 Å². The number of aryl methyl sites for hydroxylation is 2. The van der Waals surface area contributed by atoms with Crippen LogP contribution in [-0.4, -0.2) is 28.7 Å². The molecule has 6 nitrogen and oxygen atoms in total. The van der Waals surface area contributed by atoms with Crippen LogP contribution in [0.25, 0.3) is 0 Å². The predicted molar refractivity (Wildman–Crippen MR) is 75.8 cm³/mol. The van der Waals surface area contributed by atoms with E-state index in [0.29, 0.717) is 6.54 Å². The summed E-state index contributed by atoms with van der Waals surface area (Å²) in [6.07, 6.45) is 0. The first kappa shape index (κ1) is 15.5. The molecule has 1 saturated carbocycles.